The number of aromatic hydroxyl groups is 1. The quantitative estimate of drug-likeness (QED) is 0.165. The lowest BCUT2D eigenvalue weighted by atomic mass is 9.79. The van der Waals surface area contributed by atoms with E-state index in [0.29, 0.717) is 27.7 Å². The molecule has 8 aromatic rings. The van der Waals surface area contributed by atoms with Gasteiger partial charge in [-0.15, -0.1) is 0 Å². The van der Waals surface area contributed by atoms with Crippen molar-refractivity contribution in [2.75, 3.05) is 0 Å². The molecule has 8 rings (SSSR count). The van der Waals surface area contributed by atoms with Crippen LogP contribution in [-0.4, -0.2) is 19.6 Å². The molecule has 0 aliphatic rings. The van der Waals surface area contributed by atoms with E-state index in [4.69, 9.17) is 23.7 Å². The summed E-state index contributed by atoms with van der Waals surface area (Å²) < 4.78 is 90.3. The fourth-order valence-electron chi connectivity index (χ4n) is 8.60. The van der Waals surface area contributed by atoms with E-state index in [1.807, 2.05) is 89.3 Å². The molecular weight excluding hydrogens is 803 g/mol. The van der Waals surface area contributed by atoms with Crippen molar-refractivity contribution in [2.24, 2.45) is 0 Å². The maximum Gasteiger partial charge on any atom is 0.149 e. The molecule has 338 valence electrons. The Hall–Kier alpha value is -6.26. The van der Waals surface area contributed by atoms with Crippen LogP contribution in [0.25, 0.3) is 72.7 Å². The molecule has 0 radical (unpaired) electrons. The highest BCUT2D eigenvalue weighted by molar-refractivity contribution is 5.97. The van der Waals surface area contributed by atoms with Crippen LogP contribution in [0.1, 0.15) is 154 Å². The van der Waals surface area contributed by atoms with Crippen LogP contribution in [0.4, 0.5) is 0 Å². The number of phenols is 1. The van der Waals surface area contributed by atoms with Crippen LogP contribution in [0.5, 0.6) is 5.75 Å². The molecule has 0 aliphatic heterocycles. The van der Waals surface area contributed by atoms with Gasteiger partial charge in [-0.05, 0) is 146 Å². The Morgan fingerprint density at radius 3 is 1.94 bits per heavy atom. The van der Waals surface area contributed by atoms with Crippen molar-refractivity contribution in [3.05, 3.63) is 166 Å². The standard InChI is InChI=1S/C62H69N3O/c1-37(2)44-28-45(38(3)4)30-46(29-44)42-23-24-55(40(6)27-42)65-56-18-16-17-51(57(56)64-59(65)52-35-50(61(10,11)12)36-53(58(52)66)62(13,14)15)47-31-48(33-49(32-47)60(7,8)9)54-34-43(25-26-63-54)41-21-19-39(5)20-22-41/h16-38,66H,1-15H3/i6D3,13D3,14D3,37D. The first kappa shape index (κ1) is 35.0. The second-order valence-electron chi connectivity index (χ2n) is 20.8. The fourth-order valence-corrected chi connectivity index (χ4v) is 8.60. The Bertz CT molecular complexity index is 3490. The molecule has 0 atom stereocenters. The number of imidazole rings is 1. The van der Waals surface area contributed by atoms with E-state index in [1.165, 1.54) is 6.07 Å². The Morgan fingerprint density at radius 2 is 1.27 bits per heavy atom. The molecule has 0 saturated carbocycles. The van der Waals surface area contributed by atoms with Crippen molar-refractivity contribution in [1.82, 2.24) is 14.5 Å². The van der Waals surface area contributed by atoms with E-state index in [2.05, 4.69) is 90.1 Å². The smallest absolute Gasteiger partial charge is 0.149 e. The number of pyridine rings is 1. The summed E-state index contributed by atoms with van der Waals surface area (Å²) in [6.45, 7) is 14.2. The number of phenolic OH excluding ortho intramolecular Hbond substituents is 1. The number of hydrogen-bond donors (Lipinski definition) is 1. The molecule has 2 heterocycles. The first-order valence-corrected chi connectivity index (χ1v) is 22.9. The first-order chi connectivity index (χ1) is 35.0. The van der Waals surface area contributed by atoms with Gasteiger partial charge in [0.1, 0.15) is 11.6 Å². The maximum atomic E-state index is 12.8. The second kappa shape index (κ2) is 17.2. The highest BCUT2D eigenvalue weighted by atomic mass is 16.3. The van der Waals surface area contributed by atoms with Crippen molar-refractivity contribution in [1.29, 1.82) is 0 Å². The summed E-state index contributed by atoms with van der Waals surface area (Å²) in [6, 6.07) is 38.8. The molecule has 4 nitrogen and oxygen atoms in total. The number of aromatic nitrogens is 3. The Labute approximate surface area is 408 Å². The molecule has 0 saturated heterocycles. The van der Waals surface area contributed by atoms with Crippen LogP contribution in [0.15, 0.2) is 128 Å². The summed E-state index contributed by atoms with van der Waals surface area (Å²) in [5.41, 5.74) is 8.25. The van der Waals surface area contributed by atoms with Crippen molar-refractivity contribution < 1.29 is 18.8 Å². The number of benzene rings is 6. The number of hydrogen-bond acceptors (Lipinski definition) is 3. The SMILES string of the molecule is [2H]C([2H])([2H])c1cc(-c2cc(C(C)C)cc(C([2H])(C)C)c2)ccc1-n1c(-c2cc(C(C)(C)C)cc(C(C)(C([2H])([2H])[2H])C([2H])([2H])[2H])c2O)nc2c(-c3cc(-c4cc(-c5ccc(C)cc5)ccn4)cc(C(C)(C)C)c3)cccc21. The third-order valence-corrected chi connectivity index (χ3v) is 12.8. The zero-order valence-electron chi connectivity index (χ0n) is 50.5. The van der Waals surface area contributed by atoms with Crippen LogP contribution in [0, 0.1) is 13.8 Å². The van der Waals surface area contributed by atoms with Crippen molar-refractivity contribution in [2.45, 2.75) is 132 Å². The number of fused-ring (bicyclic) bond motifs is 1. The second-order valence-corrected chi connectivity index (χ2v) is 20.8. The predicted molar refractivity (Wildman–Crippen MR) is 281 cm³/mol. The van der Waals surface area contributed by atoms with Gasteiger partial charge in [-0.25, -0.2) is 4.98 Å². The molecule has 4 heteroatoms. The van der Waals surface area contributed by atoms with Gasteiger partial charge in [0.25, 0.3) is 0 Å². The van der Waals surface area contributed by atoms with Crippen molar-refractivity contribution in [3.63, 3.8) is 0 Å². The van der Waals surface area contributed by atoms with Crippen LogP contribution >= 0.6 is 0 Å². The minimum Gasteiger partial charge on any atom is -0.507 e. The summed E-state index contributed by atoms with van der Waals surface area (Å²) >= 11 is 0. The van der Waals surface area contributed by atoms with Crippen LogP contribution in [0.3, 0.4) is 0 Å². The number of aryl methyl sites for hydroxylation is 2. The molecule has 1 N–H and O–H groups in total. The summed E-state index contributed by atoms with van der Waals surface area (Å²) in [5, 5.41) is 12.8. The Kier molecular flexibility index (Phi) is 9.12. The molecule has 0 fully saturated rings. The third kappa shape index (κ3) is 9.12. The summed E-state index contributed by atoms with van der Waals surface area (Å²) in [7, 11) is 0. The largest absolute Gasteiger partial charge is 0.507 e. The van der Waals surface area contributed by atoms with E-state index < -0.39 is 43.0 Å². The Morgan fingerprint density at radius 1 is 0.606 bits per heavy atom. The van der Waals surface area contributed by atoms with Gasteiger partial charge in [-0.2, -0.15) is 0 Å². The topological polar surface area (TPSA) is 50.9 Å². The molecule has 0 unspecified atom stereocenters. The Balaban J connectivity index is 1.49. The maximum absolute atomic E-state index is 12.8. The van der Waals surface area contributed by atoms with Gasteiger partial charge in [0, 0.05) is 36.6 Å². The minimum atomic E-state index is -3.12. The van der Waals surface area contributed by atoms with E-state index in [-0.39, 0.29) is 39.5 Å². The average molecular weight is 882 g/mol. The molecule has 2 aromatic heterocycles. The zero-order chi connectivity index (χ0) is 56.0. The lowest BCUT2D eigenvalue weighted by Crippen LogP contribution is -2.17. The summed E-state index contributed by atoms with van der Waals surface area (Å²) in [6.07, 6.45) is 1.81. The third-order valence-electron chi connectivity index (χ3n) is 12.8. The highest BCUT2D eigenvalue weighted by Gasteiger charge is 2.29. The molecule has 0 bridgehead atoms. The fraction of sp³-hybridized carbons (Fsp3) is 0.323. The molecule has 0 aliphatic carbocycles. The van der Waals surface area contributed by atoms with Crippen LogP contribution < -0.4 is 0 Å². The van der Waals surface area contributed by atoms with Crippen LogP contribution in [-0.2, 0) is 16.2 Å². The van der Waals surface area contributed by atoms with E-state index in [1.54, 1.807) is 22.8 Å². The monoisotopic (exact) mass is 882 g/mol. The van der Waals surface area contributed by atoms with Crippen LogP contribution in [0.2, 0.25) is 0 Å². The minimum absolute atomic E-state index is 0.0260. The lowest BCUT2D eigenvalue weighted by Gasteiger charge is -2.27. The van der Waals surface area contributed by atoms with E-state index >= 15 is 0 Å². The number of rotatable bonds is 8. The summed E-state index contributed by atoms with van der Waals surface area (Å²) in [4.78, 5) is 10.3. The normalized spacial score (nSPS) is 15.5. The van der Waals surface area contributed by atoms with Gasteiger partial charge in [0.05, 0.1) is 28.0 Å². The number of para-hydroxylation sites is 1. The van der Waals surface area contributed by atoms with Gasteiger partial charge in [0.15, 0.2) is 0 Å². The molecular formula is C62H69N3O. The van der Waals surface area contributed by atoms with Crippen molar-refractivity contribution in [3.8, 4) is 67.5 Å². The van der Waals surface area contributed by atoms with Crippen molar-refractivity contribution >= 4 is 11.0 Å². The average Bonchev–Trinajstić information content (AvgIpc) is 3.71. The van der Waals surface area contributed by atoms with E-state index in [9.17, 15) is 5.11 Å². The highest BCUT2D eigenvalue weighted by Crippen LogP contribution is 2.45. The van der Waals surface area contributed by atoms with Gasteiger partial charge in [0.2, 0.25) is 0 Å². The molecule has 0 amide bonds. The summed E-state index contributed by atoms with van der Waals surface area (Å²) in [5.74, 6) is -1.35. The van der Waals surface area contributed by atoms with Gasteiger partial charge in [-0.3, -0.25) is 9.55 Å². The van der Waals surface area contributed by atoms with Gasteiger partial charge in [-0.1, -0.05) is 168 Å². The van der Waals surface area contributed by atoms with Gasteiger partial charge < -0.3 is 5.11 Å². The number of nitrogens with zero attached hydrogens (tertiary/aromatic N) is 3. The lowest BCUT2D eigenvalue weighted by molar-refractivity contribution is 0.446. The molecule has 66 heavy (non-hydrogen) atoms. The first-order valence-electron chi connectivity index (χ1n) is 27.9. The zero-order valence-corrected chi connectivity index (χ0v) is 40.5. The molecule has 0 spiro atoms. The van der Waals surface area contributed by atoms with Gasteiger partial charge >= 0.3 is 0 Å². The molecule has 6 aromatic carbocycles. The predicted octanol–water partition coefficient (Wildman–Crippen LogP) is 17.2. The van der Waals surface area contributed by atoms with E-state index in [0.717, 1.165) is 62.7 Å².